The lowest BCUT2D eigenvalue weighted by atomic mass is 10.0. The molecule has 0 aliphatic heterocycles. The Morgan fingerprint density at radius 2 is 1.95 bits per heavy atom. The van der Waals surface area contributed by atoms with Crippen molar-refractivity contribution in [1.29, 1.82) is 0 Å². The number of rotatable bonds is 4. The van der Waals surface area contributed by atoms with Gasteiger partial charge in [0.05, 0.1) is 19.3 Å². The molecule has 2 N–H and O–H groups in total. The average Bonchev–Trinajstić information content (AvgIpc) is 2.79. The molecule has 19 heavy (non-hydrogen) atoms. The summed E-state index contributed by atoms with van der Waals surface area (Å²) in [5, 5.41) is 4.12. The van der Waals surface area contributed by atoms with Gasteiger partial charge in [0.25, 0.3) is 0 Å². The number of hydrogen-bond donors (Lipinski definition) is 1. The molecule has 0 aliphatic rings. The molecule has 0 radical (unpaired) electrons. The van der Waals surface area contributed by atoms with Gasteiger partial charge in [-0.05, 0) is 24.6 Å². The molecule has 2 aromatic rings. The van der Waals surface area contributed by atoms with Crippen molar-refractivity contribution in [3.8, 4) is 5.75 Å². The number of halogens is 2. The standard InChI is InChI=1S/C13H15F2N3O/c1-3-18-13(11(19-2)7-17-18)12(16)8-4-9(14)6-10(15)5-8/h4-7,12H,3,16H2,1-2H3. The highest BCUT2D eigenvalue weighted by Gasteiger charge is 2.20. The average molecular weight is 267 g/mol. The summed E-state index contributed by atoms with van der Waals surface area (Å²) in [6.45, 7) is 2.49. The van der Waals surface area contributed by atoms with Gasteiger partial charge < -0.3 is 10.5 Å². The third-order valence-electron chi connectivity index (χ3n) is 2.90. The predicted molar refractivity (Wildman–Crippen MR) is 66.8 cm³/mol. The van der Waals surface area contributed by atoms with Gasteiger partial charge in [0.15, 0.2) is 5.75 Å². The van der Waals surface area contributed by atoms with Crippen molar-refractivity contribution < 1.29 is 13.5 Å². The van der Waals surface area contributed by atoms with Crippen molar-refractivity contribution in [2.24, 2.45) is 5.73 Å². The van der Waals surface area contributed by atoms with Gasteiger partial charge in [-0.25, -0.2) is 8.78 Å². The van der Waals surface area contributed by atoms with Crippen molar-refractivity contribution in [3.05, 3.63) is 47.3 Å². The third kappa shape index (κ3) is 2.58. The molecule has 0 amide bonds. The zero-order chi connectivity index (χ0) is 14.0. The molecule has 2 rings (SSSR count). The molecule has 1 atom stereocenters. The molecule has 0 saturated carbocycles. The summed E-state index contributed by atoms with van der Waals surface area (Å²) in [4.78, 5) is 0. The summed E-state index contributed by atoms with van der Waals surface area (Å²) in [7, 11) is 1.50. The summed E-state index contributed by atoms with van der Waals surface area (Å²) >= 11 is 0. The quantitative estimate of drug-likeness (QED) is 0.924. The molecule has 0 saturated heterocycles. The highest BCUT2D eigenvalue weighted by molar-refractivity contribution is 5.36. The fourth-order valence-corrected chi connectivity index (χ4v) is 2.01. The number of aromatic nitrogens is 2. The lowest BCUT2D eigenvalue weighted by Gasteiger charge is -2.15. The monoisotopic (exact) mass is 267 g/mol. The van der Waals surface area contributed by atoms with Crippen molar-refractivity contribution in [2.45, 2.75) is 19.5 Å². The van der Waals surface area contributed by atoms with E-state index in [1.165, 1.54) is 25.4 Å². The molecular formula is C13H15F2N3O. The van der Waals surface area contributed by atoms with Gasteiger partial charge in [0.1, 0.15) is 17.3 Å². The van der Waals surface area contributed by atoms with Gasteiger partial charge in [-0.3, -0.25) is 4.68 Å². The second-order valence-electron chi connectivity index (χ2n) is 4.09. The van der Waals surface area contributed by atoms with Crippen LogP contribution in [0.5, 0.6) is 5.75 Å². The van der Waals surface area contributed by atoms with Crippen LogP contribution in [0.15, 0.2) is 24.4 Å². The van der Waals surface area contributed by atoms with Gasteiger partial charge >= 0.3 is 0 Å². The number of nitrogens with zero attached hydrogens (tertiary/aromatic N) is 2. The van der Waals surface area contributed by atoms with E-state index in [0.717, 1.165) is 6.07 Å². The highest BCUT2D eigenvalue weighted by atomic mass is 19.1. The Hall–Kier alpha value is -1.95. The summed E-state index contributed by atoms with van der Waals surface area (Å²) in [6, 6.07) is 2.52. The Morgan fingerprint density at radius 3 is 2.47 bits per heavy atom. The predicted octanol–water partition coefficient (Wildman–Crippen LogP) is 2.24. The first-order valence-corrected chi connectivity index (χ1v) is 5.88. The Morgan fingerprint density at radius 1 is 1.32 bits per heavy atom. The van der Waals surface area contributed by atoms with Crippen molar-refractivity contribution in [3.63, 3.8) is 0 Å². The van der Waals surface area contributed by atoms with E-state index >= 15 is 0 Å². The van der Waals surface area contributed by atoms with E-state index < -0.39 is 17.7 Å². The molecule has 0 spiro atoms. The molecule has 6 heteroatoms. The lowest BCUT2D eigenvalue weighted by Crippen LogP contribution is -2.18. The minimum Gasteiger partial charge on any atom is -0.493 e. The maximum atomic E-state index is 13.2. The number of aryl methyl sites for hydroxylation is 1. The molecule has 102 valence electrons. The molecule has 0 fully saturated rings. The molecule has 0 bridgehead atoms. The summed E-state index contributed by atoms with van der Waals surface area (Å²) in [5.41, 5.74) is 7.01. The minimum absolute atomic E-state index is 0.339. The van der Waals surface area contributed by atoms with Crippen LogP contribution in [0.2, 0.25) is 0 Å². The minimum atomic E-state index is -0.706. The molecule has 1 heterocycles. The van der Waals surface area contributed by atoms with Crippen LogP contribution in [0, 0.1) is 11.6 Å². The molecular weight excluding hydrogens is 252 g/mol. The fourth-order valence-electron chi connectivity index (χ4n) is 2.01. The summed E-state index contributed by atoms with van der Waals surface area (Å²) in [6.07, 6.45) is 1.54. The van der Waals surface area contributed by atoms with E-state index in [1.54, 1.807) is 4.68 Å². The highest BCUT2D eigenvalue weighted by Crippen LogP contribution is 2.28. The molecule has 1 unspecified atom stereocenters. The Labute approximate surface area is 109 Å². The van der Waals surface area contributed by atoms with Gasteiger partial charge in [0.2, 0.25) is 0 Å². The van der Waals surface area contributed by atoms with Crippen molar-refractivity contribution in [1.82, 2.24) is 9.78 Å². The summed E-state index contributed by atoms with van der Waals surface area (Å²) in [5.74, 6) is -0.821. The molecule has 1 aromatic heterocycles. The zero-order valence-corrected chi connectivity index (χ0v) is 10.7. The Bertz CT molecular complexity index is 542. The third-order valence-corrected chi connectivity index (χ3v) is 2.90. The molecule has 0 aliphatic carbocycles. The van der Waals surface area contributed by atoms with Crippen LogP contribution in [0.3, 0.4) is 0 Å². The van der Waals surface area contributed by atoms with Crippen LogP contribution in [-0.2, 0) is 6.54 Å². The van der Waals surface area contributed by atoms with Crippen LogP contribution >= 0.6 is 0 Å². The number of methoxy groups -OCH3 is 1. The van der Waals surface area contributed by atoms with E-state index in [1.807, 2.05) is 6.92 Å². The first-order valence-electron chi connectivity index (χ1n) is 5.88. The summed E-state index contributed by atoms with van der Waals surface area (Å²) < 4.78 is 33.3. The van der Waals surface area contributed by atoms with Crippen LogP contribution < -0.4 is 10.5 Å². The largest absolute Gasteiger partial charge is 0.493 e. The Kier molecular flexibility index (Phi) is 3.80. The first kappa shape index (κ1) is 13.5. The van der Waals surface area contributed by atoms with E-state index in [4.69, 9.17) is 10.5 Å². The van der Waals surface area contributed by atoms with Crippen LogP contribution in [0.25, 0.3) is 0 Å². The second-order valence-corrected chi connectivity index (χ2v) is 4.09. The first-order chi connectivity index (χ1) is 9.06. The smallest absolute Gasteiger partial charge is 0.161 e. The van der Waals surface area contributed by atoms with Gasteiger partial charge in [-0.2, -0.15) is 5.10 Å². The molecule has 4 nitrogen and oxygen atoms in total. The van der Waals surface area contributed by atoms with E-state index in [-0.39, 0.29) is 0 Å². The van der Waals surface area contributed by atoms with E-state index in [9.17, 15) is 8.78 Å². The van der Waals surface area contributed by atoms with Crippen LogP contribution in [0.1, 0.15) is 24.2 Å². The second kappa shape index (κ2) is 5.36. The van der Waals surface area contributed by atoms with Gasteiger partial charge in [-0.1, -0.05) is 0 Å². The van der Waals surface area contributed by atoms with Crippen molar-refractivity contribution >= 4 is 0 Å². The number of ether oxygens (including phenoxy) is 1. The maximum absolute atomic E-state index is 13.2. The number of nitrogens with two attached hydrogens (primary N) is 1. The maximum Gasteiger partial charge on any atom is 0.161 e. The van der Waals surface area contributed by atoms with E-state index in [2.05, 4.69) is 5.10 Å². The fraction of sp³-hybridized carbons (Fsp3) is 0.308. The zero-order valence-electron chi connectivity index (χ0n) is 10.7. The van der Waals surface area contributed by atoms with Crippen molar-refractivity contribution in [2.75, 3.05) is 7.11 Å². The van der Waals surface area contributed by atoms with Gasteiger partial charge in [0, 0.05) is 12.6 Å². The van der Waals surface area contributed by atoms with E-state index in [0.29, 0.717) is 23.6 Å². The van der Waals surface area contributed by atoms with Crippen LogP contribution in [0.4, 0.5) is 8.78 Å². The number of hydrogen-bond acceptors (Lipinski definition) is 3. The SMILES string of the molecule is CCn1ncc(OC)c1C(N)c1cc(F)cc(F)c1. The van der Waals surface area contributed by atoms with Crippen LogP contribution in [-0.4, -0.2) is 16.9 Å². The normalized spacial score (nSPS) is 12.5. The number of benzene rings is 1. The van der Waals surface area contributed by atoms with Gasteiger partial charge in [-0.15, -0.1) is 0 Å². The topological polar surface area (TPSA) is 53.1 Å². The lowest BCUT2D eigenvalue weighted by molar-refractivity contribution is 0.404. The Balaban J connectivity index is 2.48. The molecule has 1 aromatic carbocycles.